The number of aromatic nitrogens is 2. The Kier molecular flexibility index (Phi) is 6.80. The molecule has 5 heteroatoms. The van der Waals surface area contributed by atoms with Crippen molar-refractivity contribution in [1.29, 1.82) is 0 Å². The van der Waals surface area contributed by atoms with Crippen molar-refractivity contribution in [3.8, 4) is 11.4 Å². The van der Waals surface area contributed by atoms with Gasteiger partial charge in [-0.15, -0.1) is 0 Å². The molecule has 1 fully saturated rings. The van der Waals surface area contributed by atoms with Gasteiger partial charge in [-0.1, -0.05) is 44.2 Å². The standard InChI is InChI=1S/C26H32N2O2S/c1-26(2)13-11-21(12-14-26)19-7-9-20(10-8-19)23-15-27-24(28-16-23)22-5-3-18(4-6-22)17-31-25(29)30/h3-6,9,15-16,19,21H,7-8,10-14,17H2,1-2H3,(H,29,30). The van der Waals surface area contributed by atoms with E-state index in [0.717, 1.165) is 46.7 Å². The van der Waals surface area contributed by atoms with Crippen LogP contribution in [0.5, 0.6) is 0 Å². The van der Waals surface area contributed by atoms with Crippen molar-refractivity contribution >= 4 is 22.6 Å². The fraction of sp³-hybridized carbons (Fsp3) is 0.500. The van der Waals surface area contributed by atoms with Gasteiger partial charge in [-0.3, -0.25) is 0 Å². The van der Waals surface area contributed by atoms with Crippen molar-refractivity contribution in [3.63, 3.8) is 0 Å². The van der Waals surface area contributed by atoms with Gasteiger partial charge in [-0.25, -0.2) is 14.8 Å². The molecule has 0 saturated heterocycles. The van der Waals surface area contributed by atoms with Crippen LogP contribution in [0.2, 0.25) is 0 Å². The number of nitrogens with zero attached hydrogens (tertiary/aromatic N) is 2. The summed E-state index contributed by atoms with van der Waals surface area (Å²) in [6.45, 7) is 4.83. The maximum absolute atomic E-state index is 10.7. The van der Waals surface area contributed by atoms with Crippen LogP contribution in [0.1, 0.15) is 69.9 Å². The minimum atomic E-state index is -0.853. The number of hydrogen-bond donors (Lipinski definition) is 1. The zero-order chi connectivity index (χ0) is 21.8. The monoisotopic (exact) mass is 436 g/mol. The minimum absolute atomic E-state index is 0.461. The first-order valence-corrected chi connectivity index (χ1v) is 12.3. The highest BCUT2D eigenvalue weighted by atomic mass is 32.2. The second-order valence-corrected chi connectivity index (χ2v) is 10.7. The molecule has 2 aliphatic carbocycles. The second kappa shape index (κ2) is 9.56. The molecule has 1 saturated carbocycles. The van der Waals surface area contributed by atoms with E-state index in [4.69, 9.17) is 5.11 Å². The van der Waals surface area contributed by atoms with Gasteiger partial charge >= 0.3 is 5.30 Å². The molecular weight excluding hydrogens is 404 g/mol. The Morgan fingerprint density at radius 1 is 1.03 bits per heavy atom. The highest BCUT2D eigenvalue weighted by molar-refractivity contribution is 8.12. The van der Waals surface area contributed by atoms with E-state index in [1.807, 2.05) is 36.7 Å². The zero-order valence-electron chi connectivity index (χ0n) is 18.5. The van der Waals surface area contributed by atoms with E-state index < -0.39 is 5.30 Å². The second-order valence-electron chi connectivity index (χ2n) is 9.81. The van der Waals surface area contributed by atoms with E-state index in [-0.39, 0.29) is 0 Å². The average molecular weight is 437 g/mol. The molecule has 4 nitrogen and oxygen atoms in total. The average Bonchev–Trinajstić information content (AvgIpc) is 2.78. The molecular formula is C26H32N2O2S. The molecule has 1 atom stereocenters. The zero-order valence-corrected chi connectivity index (χ0v) is 19.3. The van der Waals surface area contributed by atoms with Gasteiger partial charge in [0.2, 0.25) is 0 Å². The van der Waals surface area contributed by atoms with Crippen molar-refractivity contribution in [1.82, 2.24) is 9.97 Å². The molecule has 0 aliphatic heterocycles. The topological polar surface area (TPSA) is 63.1 Å². The molecule has 0 spiro atoms. The molecule has 2 aromatic rings. The molecule has 1 aromatic carbocycles. The predicted octanol–water partition coefficient (Wildman–Crippen LogP) is 7.45. The fourth-order valence-corrected chi connectivity index (χ4v) is 5.46. The Balaban J connectivity index is 1.35. The van der Waals surface area contributed by atoms with Gasteiger partial charge in [0.1, 0.15) is 0 Å². The van der Waals surface area contributed by atoms with Crippen molar-refractivity contribution in [2.75, 3.05) is 0 Å². The number of carbonyl (C=O) groups is 1. The van der Waals surface area contributed by atoms with Gasteiger partial charge in [0.15, 0.2) is 5.82 Å². The van der Waals surface area contributed by atoms with Crippen molar-refractivity contribution < 1.29 is 9.90 Å². The van der Waals surface area contributed by atoms with Crippen LogP contribution in [-0.4, -0.2) is 20.4 Å². The van der Waals surface area contributed by atoms with Gasteiger partial charge in [0.05, 0.1) is 0 Å². The summed E-state index contributed by atoms with van der Waals surface area (Å²) in [6.07, 6.45) is 15.5. The largest absolute Gasteiger partial charge is 0.473 e. The Hall–Kier alpha value is -2.14. The normalized spacial score (nSPS) is 21.5. The molecule has 1 N–H and O–H groups in total. The lowest BCUT2D eigenvalue weighted by Gasteiger charge is -2.39. The van der Waals surface area contributed by atoms with Crippen LogP contribution in [0.4, 0.5) is 4.79 Å². The predicted molar refractivity (Wildman–Crippen MR) is 128 cm³/mol. The molecule has 1 unspecified atom stereocenters. The van der Waals surface area contributed by atoms with Crippen LogP contribution in [0.3, 0.4) is 0 Å². The molecule has 0 radical (unpaired) electrons. The Labute approximate surface area is 189 Å². The smallest absolute Gasteiger partial charge is 0.365 e. The number of carboxylic acid groups (broad SMARTS) is 1. The third kappa shape index (κ3) is 5.76. The van der Waals surface area contributed by atoms with E-state index in [0.29, 0.717) is 17.0 Å². The Morgan fingerprint density at radius 2 is 1.71 bits per heavy atom. The van der Waals surface area contributed by atoms with E-state index in [1.54, 1.807) is 0 Å². The first-order chi connectivity index (χ1) is 14.9. The lowest BCUT2D eigenvalue weighted by atomic mass is 9.67. The molecule has 4 rings (SSSR count). The van der Waals surface area contributed by atoms with Gasteiger partial charge in [-0.2, -0.15) is 0 Å². The number of thioether (sulfide) groups is 1. The summed E-state index contributed by atoms with van der Waals surface area (Å²) < 4.78 is 0. The van der Waals surface area contributed by atoms with Gasteiger partial charge < -0.3 is 5.11 Å². The first kappa shape index (κ1) is 22.1. The number of hydrogen-bond acceptors (Lipinski definition) is 4. The minimum Gasteiger partial charge on any atom is -0.473 e. The van der Waals surface area contributed by atoms with Crippen molar-refractivity contribution in [2.24, 2.45) is 17.3 Å². The third-order valence-corrected chi connectivity index (χ3v) is 7.82. The van der Waals surface area contributed by atoms with Crippen LogP contribution in [-0.2, 0) is 5.75 Å². The molecule has 2 aliphatic rings. The maximum Gasteiger partial charge on any atom is 0.365 e. The fourth-order valence-electron chi connectivity index (χ4n) is 4.98. The van der Waals surface area contributed by atoms with E-state index in [9.17, 15) is 4.79 Å². The van der Waals surface area contributed by atoms with Gasteiger partial charge in [0, 0.05) is 29.3 Å². The summed E-state index contributed by atoms with van der Waals surface area (Å²) >= 11 is 0.892. The Bertz CT molecular complexity index is 925. The summed E-state index contributed by atoms with van der Waals surface area (Å²) in [5.41, 5.74) is 5.01. The van der Waals surface area contributed by atoms with Crippen LogP contribution in [0.15, 0.2) is 42.7 Å². The summed E-state index contributed by atoms with van der Waals surface area (Å²) in [5, 5.41) is 7.93. The van der Waals surface area contributed by atoms with Crippen LogP contribution >= 0.6 is 11.8 Å². The lowest BCUT2D eigenvalue weighted by Crippen LogP contribution is -2.26. The quantitative estimate of drug-likeness (QED) is 0.527. The molecule has 1 aromatic heterocycles. The SMILES string of the molecule is CC1(C)CCC(C2CC=C(c3cnc(-c4ccc(CSC(=O)O)cc4)nc3)CC2)CC1. The van der Waals surface area contributed by atoms with Crippen molar-refractivity contribution in [2.45, 2.75) is 64.5 Å². The number of allylic oxidation sites excluding steroid dienone is 2. The lowest BCUT2D eigenvalue weighted by molar-refractivity contribution is 0.143. The highest BCUT2D eigenvalue weighted by Crippen LogP contribution is 2.44. The summed E-state index contributed by atoms with van der Waals surface area (Å²) in [5.74, 6) is 2.92. The number of rotatable bonds is 5. The summed E-state index contributed by atoms with van der Waals surface area (Å²) in [7, 11) is 0. The van der Waals surface area contributed by atoms with E-state index >= 15 is 0 Å². The van der Waals surface area contributed by atoms with Gasteiger partial charge in [-0.05, 0) is 85.1 Å². The molecule has 0 amide bonds. The molecule has 164 valence electrons. The van der Waals surface area contributed by atoms with E-state index in [2.05, 4.69) is 29.9 Å². The van der Waals surface area contributed by atoms with Crippen LogP contribution in [0, 0.1) is 17.3 Å². The van der Waals surface area contributed by atoms with Gasteiger partial charge in [0.25, 0.3) is 0 Å². The highest BCUT2D eigenvalue weighted by Gasteiger charge is 2.32. The molecule has 31 heavy (non-hydrogen) atoms. The maximum atomic E-state index is 10.7. The van der Waals surface area contributed by atoms with Crippen LogP contribution in [0.25, 0.3) is 17.0 Å². The molecule has 1 heterocycles. The molecule has 0 bridgehead atoms. The Morgan fingerprint density at radius 3 is 2.29 bits per heavy atom. The van der Waals surface area contributed by atoms with Crippen molar-refractivity contribution in [3.05, 3.63) is 53.9 Å². The summed E-state index contributed by atoms with van der Waals surface area (Å²) in [4.78, 5) is 19.9. The van der Waals surface area contributed by atoms with Crippen LogP contribution < -0.4 is 0 Å². The number of benzene rings is 1. The third-order valence-electron chi connectivity index (χ3n) is 7.10. The summed E-state index contributed by atoms with van der Waals surface area (Å²) in [6, 6.07) is 7.81. The van der Waals surface area contributed by atoms with E-state index in [1.165, 1.54) is 44.1 Å². The first-order valence-electron chi connectivity index (χ1n) is 11.4.